The topological polar surface area (TPSA) is 71.5 Å². The van der Waals surface area contributed by atoms with E-state index in [1.54, 1.807) is 18.3 Å². The quantitative estimate of drug-likeness (QED) is 0.721. The predicted octanol–water partition coefficient (Wildman–Crippen LogP) is 3.62. The fourth-order valence-corrected chi connectivity index (χ4v) is 4.89. The van der Waals surface area contributed by atoms with Gasteiger partial charge in [0.2, 0.25) is 5.91 Å². The summed E-state index contributed by atoms with van der Waals surface area (Å²) in [5, 5.41) is 3.03. The summed E-state index contributed by atoms with van der Waals surface area (Å²) >= 11 is 0. The third-order valence-electron chi connectivity index (χ3n) is 6.77. The van der Waals surface area contributed by atoms with Gasteiger partial charge in [0.05, 0.1) is 5.60 Å². The van der Waals surface area contributed by atoms with Crippen molar-refractivity contribution in [2.45, 2.75) is 50.5 Å². The lowest BCUT2D eigenvalue weighted by molar-refractivity contribution is -0.147. The first-order valence-electron chi connectivity index (χ1n) is 11.8. The van der Waals surface area contributed by atoms with Crippen LogP contribution in [0.3, 0.4) is 0 Å². The number of carbonyl (C=O) groups is 2. The van der Waals surface area contributed by atoms with Gasteiger partial charge in [-0.1, -0.05) is 36.4 Å². The smallest absolute Gasteiger partial charge is 0.269 e. The number of benzene rings is 1. The van der Waals surface area contributed by atoms with Crippen molar-refractivity contribution in [2.75, 3.05) is 26.2 Å². The molecular weight excluding hydrogens is 402 g/mol. The standard InChI is InChI=1S/C26H33N3O3/c30-24(11-6-9-21-7-2-1-3-8-21)29-16-13-26(14-17-29)19-22(12-18-32-26)20-28-25(31)23-10-4-5-15-27-23/h1-5,7-8,10,15,22H,6,9,11-14,16-20H2,(H,28,31). The van der Waals surface area contributed by atoms with Crippen molar-refractivity contribution in [1.29, 1.82) is 0 Å². The van der Waals surface area contributed by atoms with Crippen LogP contribution in [-0.4, -0.2) is 53.5 Å². The van der Waals surface area contributed by atoms with Crippen LogP contribution in [-0.2, 0) is 16.0 Å². The van der Waals surface area contributed by atoms with Gasteiger partial charge in [-0.2, -0.15) is 0 Å². The number of piperidine rings is 1. The molecule has 0 saturated carbocycles. The van der Waals surface area contributed by atoms with Crippen LogP contribution in [0.5, 0.6) is 0 Å². The third kappa shape index (κ3) is 5.94. The van der Waals surface area contributed by atoms with E-state index in [1.807, 2.05) is 29.2 Å². The van der Waals surface area contributed by atoms with Crippen LogP contribution in [0, 0.1) is 5.92 Å². The average Bonchev–Trinajstić information content (AvgIpc) is 2.84. The van der Waals surface area contributed by atoms with E-state index < -0.39 is 0 Å². The zero-order valence-corrected chi connectivity index (χ0v) is 18.7. The minimum absolute atomic E-state index is 0.123. The number of ether oxygens (including phenoxy) is 1. The van der Waals surface area contributed by atoms with Crippen LogP contribution in [0.15, 0.2) is 54.7 Å². The average molecular weight is 436 g/mol. The summed E-state index contributed by atoms with van der Waals surface area (Å²) in [7, 11) is 0. The van der Waals surface area contributed by atoms with E-state index in [0.29, 0.717) is 24.6 Å². The summed E-state index contributed by atoms with van der Waals surface area (Å²) in [6, 6.07) is 15.7. The van der Waals surface area contributed by atoms with Crippen LogP contribution < -0.4 is 5.32 Å². The number of nitrogens with zero attached hydrogens (tertiary/aromatic N) is 2. The number of pyridine rings is 1. The summed E-state index contributed by atoms with van der Waals surface area (Å²) in [5.41, 5.74) is 1.59. The molecule has 32 heavy (non-hydrogen) atoms. The highest BCUT2D eigenvalue weighted by Gasteiger charge is 2.41. The van der Waals surface area contributed by atoms with Gasteiger partial charge in [0.1, 0.15) is 5.69 Å². The van der Waals surface area contributed by atoms with E-state index >= 15 is 0 Å². The second-order valence-electron chi connectivity index (χ2n) is 9.04. The van der Waals surface area contributed by atoms with Crippen LogP contribution >= 0.6 is 0 Å². The van der Waals surface area contributed by atoms with E-state index in [9.17, 15) is 9.59 Å². The largest absolute Gasteiger partial charge is 0.375 e. The summed E-state index contributed by atoms with van der Waals surface area (Å²) < 4.78 is 6.23. The van der Waals surface area contributed by atoms with E-state index in [0.717, 1.165) is 58.2 Å². The molecule has 170 valence electrons. The molecule has 2 amide bonds. The van der Waals surface area contributed by atoms with Gasteiger partial charge in [-0.15, -0.1) is 0 Å². The van der Waals surface area contributed by atoms with Crippen molar-refractivity contribution in [3.63, 3.8) is 0 Å². The van der Waals surface area contributed by atoms with Crippen molar-refractivity contribution in [1.82, 2.24) is 15.2 Å². The van der Waals surface area contributed by atoms with Gasteiger partial charge in [-0.05, 0) is 62.1 Å². The molecule has 4 rings (SSSR count). The van der Waals surface area contributed by atoms with Gasteiger partial charge in [0.25, 0.3) is 5.91 Å². The SMILES string of the molecule is O=C(NCC1CCOC2(CCN(C(=O)CCCc3ccccc3)CC2)C1)c1ccccn1. The Morgan fingerprint density at radius 2 is 1.88 bits per heavy atom. The third-order valence-corrected chi connectivity index (χ3v) is 6.77. The van der Waals surface area contributed by atoms with Gasteiger partial charge in [0.15, 0.2) is 0 Å². The Bertz CT molecular complexity index is 880. The number of hydrogen-bond acceptors (Lipinski definition) is 4. The monoisotopic (exact) mass is 435 g/mol. The van der Waals surface area contributed by atoms with Gasteiger partial charge < -0.3 is 15.0 Å². The van der Waals surface area contributed by atoms with Crippen LogP contribution in [0.25, 0.3) is 0 Å². The molecular formula is C26H33N3O3. The van der Waals surface area contributed by atoms with Crippen LogP contribution in [0.4, 0.5) is 0 Å². The maximum Gasteiger partial charge on any atom is 0.269 e. The second-order valence-corrected chi connectivity index (χ2v) is 9.04. The maximum absolute atomic E-state index is 12.7. The molecule has 1 aromatic heterocycles. The predicted molar refractivity (Wildman–Crippen MR) is 123 cm³/mol. The lowest BCUT2D eigenvalue weighted by Gasteiger charge is -2.46. The first kappa shape index (κ1) is 22.5. The number of likely N-dealkylation sites (tertiary alicyclic amines) is 1. The molecule has 2 fully saturated rings. The van der Waals surface area contributed by atoms with Crippen molar-refractivity contribution in [3.05, 3.63) is 66.0 Å². The number of hydrogen-bond donors (Lipinski definition) is 1. The van der Waals surface area contributed by atoms with E-state index in [1.165, 1.54) is 5.56 Å². The molecule has 1 N–H and O–H groups in total. The summed E-state index contributed by atoms with van der Waals surface area (Å²) in [4.78, 5) is 31.1. The molecule has 1 aromatic carbocycles. The van der Waals surface area contributed by atoms with Gasteiger partial charge in [-0.25, -0.2) is 0 Å². The lowest BCUT2D eigenvalue weighted by atomic mass is 9.79. The molecule has 1 unspecified atom stereocenters. The number of rotatable bonds is 7. The Kier molecular flexibility index (Phi) is 7.53. The Labute approximate surface area is 190 Å². The molecule has 2 aromatic rings. The summed E-state index contributed by atoms with van der Waals surface area (Å²) in [5.74, 6) is 0.525. The zero-order valence-electron chi connectivity index (χ0n) is 18.7. The molecule has 6 heteroatoms. The highest BCUT2D eigenvalue weighted by Crippen LogP contribution is 2.37. The Morgan fingerprint density at radius 1 is 1.09 bits per heavy atom. The van der Waals surface area contributed by atoms with E-state index in [2.05, 4.69) is 22.4 Å². The molecule has 1 spiro atoms. The highest BCUT2D eigenvalue weighted by atomic mass is 16.5. The van der Waals surface area contributed by atoms with Gasteiger partial charge in [-0.3, -0.25) is 14.6 Å². The Balaban J connectivity index is 1.20. The molecule has 1 atom stereocenters. The van der Waals surface area contributed by atoms with E-state index in [4.69, 9.17) is 4.74 Å². The molecule has 3 heterocycles. The molecule has 0 radical (unpaired) electrons. The minimum Gasteiger partial charge on any atom is -0.375 e. The molecule has 2 aliphatic rings. The van der Waals surface area contributed by atoms with Crippen molar-refractivity contribution < 1.29 is 14.3 Å². The lowest BCUT2D eigenvalue weighted by Crippen LogP contribution is -2.51. The molecule has 6 nitrogen and oxygen atoms in total. The molecule has 0 aliphatic carbocycles. The first-order valence-corrected chi connectivity index (χ1v) is 11.8. The van der Waals surface area contributed by atoms with Crippen LogP contribution in [0.1, 0.15) is 54.6 Å². The number of carbonyl (C=O) groups excluding carboxylic acids is 2. The van der Waals surface area contributed by atoms with Gasteiger partial charge >= 0.3 is 0 Å². The summed E-state index contributed by atoms with van der Waals surface area (Å²) in [6.45, 7) is 2.88. The second kappa shape index (κ2) is 10.7. The van der Waals surface area contributed by atoms with Crippen LogP contribution in [0.2, 0.25) is 0 Å². The van der Waals surface area contributed by atoms with Crippen molar-refractivity contribution in [2.24, 2.45) is 5.92 Å². The minimum atomic E-state index is -0.153. The number of nitrogens with one attached hydrogen (secondary N) is 1. The number of amides is 2. The first-order chi connectivity index (χ1) is 15.6. The Morgan fingerprint density at radius 3 is 2.62 bits per heavy atom. The molecule has 2 saturated heterocycles. The maximum atomic E-state index is 12.7. The number of aromatic nitrogens is 1. The molecule has 2 aliphatic heterocycles. The fourth-order valence-electron chi connectivity index (χ4n) is 4.89. The van der Waals surface area contributed by atoms with E-state index in [-0.39, 0.29) is 17.4 Å². The fraction of sp³-hybridized carbons (Fsp3) is 0.500. The normalized spacial score (nSPS) is 20.1. The molecule has 0 bridgehead atoms. The van der Waals surface area contributed by atoms with Crippen molar-refractivity contribution >= 4 is 11.8 Å². The highest BCUT2D eigenvalue weighted by molar-refractivity contribution is 5.92. The number of aryl methyl sites for hydroxylation is 1. The Hall–Kier alpha value is -2.73. The zero-order chi connectivity index (χ0) is 22.2. The van der Waals surface area contributed by atoms with Crippen molar-refractivity contribution in [3.8, 4) is 0 Å². The van der Waals surface area contributed by atoms with Gasteiger partial charge in [0, 0.05) is 38.9 Å². The summed E-state index contributed by atoms with van der Waals surface area (Å²) in [6.07, 6.45) is 7.71.